The van der Waals surface area contributed by atoms with Crippen LogP contribution in [0.4, 0.5) is 5.69 Å². The zero-order chi connectivity index (χ0) is 10.9. The Kier molecular flexibility index (Phi) is 3.37. The van der Waals surface area contributed by atoms with Crippen molar-refractivity contribution >= 4 is 40.5 Å². The minimum atomic E-state index is -1.87. The molecule has 1 rings (SSSR count). The predicted octanol–water partition coefficient (Wildman–Crippen LogP) is 2.38. The Morgan fingerprint density at radius 3 is 2.36 bits per heavy atom. The van der Waals surface area contributed by atoms with Gasteiger partial charge in [0.15, 0.2) is 0 Å². The molecule has 0 aliphatic heterocycles. The molecule has 0 aliphatic rings. The molecule has 0 bridgehead atoms. The third-order valence-corrected chi connectivity index (χ3v) is 2.34. The fraction of sp³-hybridized carbons (Fsp3) is 0.250. The maximum absolute atomic E-state index is 9.58. The second-order valence-electron chi connectivity index (χ2n) is 2.72. The molecule has 3 nitrogen and oxygen atoms in total. The summed E-state index contributed by atoms with van der Waals surface area (Å²) in [5.41, 5.74) is 5.69. The number of nitrogen functional groups attached to an aromatic ring is 1. The summed E-state index contributed by atoms with van der Waals surface area (Å²) in [5, 5.41) is 18.8. The van der Waals surface area contributed by atoms with Crippen LogP contribution in [-0.4, -0.2) is 14.0 Å². The van der Waals surface area contributed by atoms with E-state index in [2.05, 4.69) is 0 Å². The molecule has 0 amide bonds. The minimum absolute atomic E-state index is 0.00586. The minimum Gasteiger partial charge on any atom is -0.506 e. The number of phenolic OH excluding ortho intramolecular Hbond substituents is 1. The predicted molar refractivity (Wildman–Crippen MR) is 57.8 cm³/mol. The van der Waals surface area contributed by atoms with Crippen LogP contribution in [0.25, 0.3) is 0 Å². The monoisotopic (exact) mass is 255 g/mol. The summed E-state index contributed by atoms with van der Waals surface area (Å²) in [6, 6.07) is 4.35. The Morgan fingerprint density at radius 2 is 1.86 bits per heavy atom. The van der Waals surface area contributed by atoms with Crippen LogP contribution in [0, 0.1) is 0 Å². The number of para-hydroxylation sites is 1. The molecule has 78 valence electrons. The third-order valence-electron chi connectivity index (χ3n) is 1.72. The van der Waals surface area contributed by atoms with E-state index < -0.39 is 9.90 Å². The number of benzene rings is 1. The summed E-state index contributed by atoms with van der Waals surface area (Å²) in [6.45, 7) is 0. The van der Waals surface area contributed by atoms with Crippen molar-refractivity contribution in [2.45, 2.75) is 9.90 Å². The van der Waals surface area contributed by atoms with Crippen LogP contribution in [0.5, 0.6) is 5.75 Å². The van der Waals surface area contributed by atoms with Crippen molar-refractivity contribution in [2.75, 3.05) is 5.73 Å². The van der Waals surface area contributed by atoms with Crippen molar-refractivity contribution < 1.29 is 10.2 Å². The van der Waals surface area contributed by atoms with Gasteiger partial charge in [0.25, 0.3) is 0 Å². The second kappa shape index (κ2) is 4.03. The van der Waals surface area contributed by atoms with Crippen molar-refractivity contribution in [1.29, 1.82) is 0 Å². The fourth-order valence-corrected chi connectivity index (χ4v) is 1.34. The maximum Gasteiger partial charge on any atom is 0.220 e. The molecule has 14 heavy (non-hydrogen) atoms. The number of aromatic hydroxyl groups is 1. The van der Waals surface area contributed by atoms with Crippen molar-refractivity contribution in [2.24, 2.45) is 0 Å². The molecule has 1 unspecified atom stereocenters. The highest BCUT2D eigenvalue weighted by atomic mass is 35.6. The number of anilines is 1. The number of phenols is 1. The molecular formula is C8H8Cl3NO2. The normalized spacial score (nSPS) is 14.0. The van der Waals surface area contributed by atoms with Crippen LogP contribution in [-0.2, 0) is 0 Å². The Balaban J connectivity index is 3.14. The Hall–Kier alpha value is -0.350. The molecule has 1 aromatic rings. The average molecular weight is 257 g/mol. The number of rotatable bonds is 1. The van der Waals surface area contributed by atoms with Gasteiger partial charge in [-0.2, -0.15) is 0 Å². The summed E-state index contributed by atoms with van der Waals surface area (Å²) in [6.07, 6.45) is -1.38. The first kappa shape index (κ1) is 11.7. The Bertz CT molecular complexity index is 338. The van der Waals surface area contributed by atoms with E-state index in [0.717, 1.165) is 0 Å². The van der Waals surface area contributed by atoms with E-state index in [4.69, 9.17) is 40.5 Å². The lowest BCUT2D eigenvalue weighted by Crippen LogP contribution is -2.17. The van der Waals surface area contributed by atoms with Crippen LogP contribution in [0.1, 0.15) is 11.7 Å². The highest BCUT2D eigenvalue weighted by molar-refractivity contribution is 6.68. The maximum atomic E-state index is 9.58. The first-order valence-electron chi connectivity index (χ1n) is 3.66. The van der Waals surface area contributed by atoms with E-state index >= 15 is 0 Å². The van der Waals surface area contributed by atoms with Crippen molar-refractivity contribution in [3.8, 4) is 5.75 Å². The first-order valence-corrected chi connectivity index (χ1v) is 4.79. The number of hydrogen-bond acceptors (Lipinski definition) is 3. The van der Waals surface area contributed by atoms with E-state index in [1.165, 1.54) is 18.2 Å². The molecule has 0 saturated carbocycles. The van der Waals surface area contributed by atoms with Crippen molar-refractivity contribution in [3.63, 3.8) is 0 Å². The largest absolute Gasteiger partial charge is 0.506 e. The molecule has 6 heteroatoms. The van der Waals surface area contributed by atoms with Crippen molar-refractivity contribution in [3.05, 3.63) is 23.8 Å². The van der Waals surface area contributed by atoms with E-state index in [9.17, 15) is 10.2 Å². The third kappa shape index (κ3) is 2.36. The van der Waals surface area contributed by atoms with Crippen molar-refractivity contribution in [1.82, 2.24) is 0 Å². The molecule has 1 atom stereocenters. The smallest absolute Gasteiger partial charge is 0.220 e. The molecular weight excluding hydrogens is 248 g/mol. The molecule has 0 aliphatic carbocycles. The van der Waals surface area contributed by atoms with E-state index in [1.807, 2.05) is 0 Å². The molecule has 0 saturated heterocycles. The van der Waals surface area contributed by atoms with Gasteiger partial charge in [0.1, 0.15) is 11.9 Å². The summed E-state index contributed by atoms with van der Waals surface area (Å²) < 4.78 is -1.87. The van der Waals surface area contributed by atoms with Gasteiger partial charge in [-0.1, -0.05) is 46.9 Å². The number of halogens is 3. The summed E-state index contributed by atoms with van der Waals surface area (Å²) in [5.74, 6) is -0.157. The van der Waals surface area contributed by atoms with Gasteiger partial charge in [-0.3, -0.25) is 0 Å². The lowest BCUT2D eigenvalue weighted by Gasteiger charge is -2.20. The van der Waals surface area contributed by atoms with Crippen LogP contribution in [0.3, 0.4) is 0 Å². The summed E-state index contributed by atoms with van der Waals surface area (Å²) in [4.78, 5) is 0. The molecule has 4 N–H and O–H groups in total. The Morgan fingerprint density at radius 1 is 1.29 bits per heavy atom. The van der Waals surface area contributed by atoms with Crippen LogP contribution >= 0.6 is 34.8 Å². The number of alkyl halides is 3. The Labute approximate surface area is 96.0 Å². The van der Waals surface area contributed by atoms with Crippen LogP contribution < -0.4 is 5.73 Å². The van der Waals surface area contributed by atoms with Gasteiger partial charge >= 0.3 is 0 Å². The molecule has 0 spiro atoms. The SMILES string of the molecule is Nc1c(O)cccc1C(O)C(Cl)(Cl)Cl. The number of nitrogens with two attached hydrogens (primary N) is 1. The molecule has 1 aromatic carbocycles. The lowest BCUT2D eigenvalue weighted by molar-refractivity contribution is 0.183. The van der Waals surface area contributed by atoms with Gasteiger partial charge in [0.2, 0.25) is 3.79 Å². The topological polar surface area (TPSA) is 66.5 Å². The molecule has 0 aromatic heterocycles. The van der Waals surface area contributed by atoms with Crippen LogP contribution in [0.15, 0.2) is 18.2 Å². The van der Waals surface area contributed by atoms with Gasteiger partial charge in [-0.15, -0.1) is 0 Å². The highest BCUT2D eigenvalue weighted by Gasteiger charge is 2.33. The van der Waals surface area contributed by atoms with E-state index in [0.29, 0.717) is 0 Å². The summed E-state index contributed by atoms with van der Waals surface area (Å²) in [7, 11) is 0. The highest BCUT2D eigenvalue weighted by Crippen LogP contribution is 2.42. The van der Waals surface area contributed by atoms with Gasteiger partial charge in [-0.25, -0.2) is 0 Å². The van der Waals surface area contributed by atoms with E-state index in [1.54, 1.807) is 0 Å². The lowest BCUT2D eigenvalue weighted by atomic mass is 10.1. The molecule has 0 heterocycles. The number of aliphatic hydroxyl groups is 1. The second-order valence-corrected chi connectivity index (χ2v) is 5.09. The van der Waals surface area contributed by atoms with Gasteiger partial charge < -0.3 is 15.9 Å². The van der Waals surface area contributed by atoms with Gasteiger partial charge in [-0.05, 0) is 6.07 Å². The average Bonchev–Trinajstić information content (AvgIpc) is 2.07. The zero-order valence-corrected chi connectivity index (χ0v) is 9.18. The quantitative estimate of drug-likeness (QED) is 0.410. The molecule has 0 fully saturated rings. The fourth-order valence-electron chi connectivity index (χ4n) is 0.985. The van der Waals surface area contributed by atoms with Gasteiger partial charge in [0, 0.05) is 5.56 Å². The van der Waals surface area contributed by atoms with Crippen LogP contribution in [0.2, 0.25) is 0 Å². The standard InChI is InChI=1S/C8H8Cl3NO2/c9-8(10,11)7(14)4-2-1-3-5(13)6(4)12/h1-3,7,13-14H,12H2. The number of aliphatic hydroxyl groups excluding tert-OH is 1. The van der Waals surface area contributed by atoms with Gasteiger partial charge in [0.05, 0.1) is 5.69 Å². The zero-order valence-electron chi connectivity index (χ0n) is 6.92. The first-order chi connectivity index (χ1) is 6.34. The van der Waals surface area contributed by atoms with E-state index in [-0.39, 0.29) is 17.0 Å². The molecule has 0 radical (unpaired) electrons. The summed E-state index contributed by atoms with van der Waals surface area (Å²) >= 11 is 16.5. The number of hydrogen-bond donors (Lipinski definition) is 3.